The average Bonchev–Trinajstić information content (AvgIpc) is 2.49. The number of nitrogen functional groups attached to an aromatic ring is 1. The molecule has 0 heterocycles. The third kappa shape index (κ3) is 2.86. The van der Waals surface area contributed by atoms with Gasteiger partial charge in [-0.3, -0.25) is 0 Å². The summed E-state index contributed by atoms with van der Waals surface area (Å²) < 4.78 is 0. The SMILES string of the molecule is Nc1ccccc1-c1cccc(Sc2ccccc2)c1. The van der Waals surface area contributed by atoms with E-state index in [-0.39, 0.29) is 0 Å². The van der Waals surface area contributed by atoms with Gasteiger partial charge in [-0.25, -0.2) is 0 Å². The summed E-state index contributed by atoms with van der Waals surface area (Å²) in [6.07, 6.45) is 0. The Kier molecular flexibility index (Phi) is 3.75. The first kappa shape index (κ1) is 12.8. The molecular formula is C18H15NS. The van der Waals surface area contributed by atoms with Crippen molar-refractivity contribution in [3.63, 3.8) is 0 Å². The van der Waals surface area contributed by atoms with E-state index in [1.54, 1.807) is 11.8 Å². The van der Waals surface area contributed by atoms with Crippen molar-refractivity contribution in [3.05, 3.63) is 78.9 Å². The first-order chi connectivity index (χ1) is 9.83. The summed E-state index contributed by atoms with van der Waals surface area (Å²) in [7, 11) is 0. The highest BCUT2D eigenvalue weighted by atomic mass is 32.2. The highest BCUT2D eigenvalue weighted by Gasteiger charge is 2.03. The Labute approximate surface area is 123 Å². The third-order valence-electron chi connectivity index (χ3n) is 3.08. The van der Waals surface area contributed by atoms with Crippen molar-refractivity contribution in [1.29, 1.82) is 0 Å². The molecule has 1 nitrogen and oxygen atoms in total. The minimum Gasteiger partial charge on any atom is -0.398 e. The normalized spacial score (nSPS) is 10.4. The lowest BCUT2D eigenvalue weighted by molar-refractivity contribution is 1.40. The van der Waals surface area contributed by atoms with Crippen molar-refractivity contribution in [2.75, 3.05) is 5.73 Å². The molecule has 0 unspecified atom stereocenters. The molecule has 3 rings (SSSR count). The highest BCUT2D eigenvalue weighted by Crippen LogP contribution is 2.32. The summed E-state index contributed by atoms with van der Waals surface area (Å²) in [5.41, 5.74) is 9.11. The molecule has 2 heteroatoms. The summed E-state index contributed by atoms with van der Waals surface area (Å²) in [6.45, 7) is 0. The average molecular weight is 277 g/mol. The van der Waals surface area contributed by atoms with Crippen molar-refractivity contribution in [3.8, 4) is 11.1 Å². The number of rotatable bonds is 3. The van der Waals surface area contributed by atoms with Crippen LogP contribution >= 0.6 is 11.8 Å². The van der Waals surface area contributed by atoms with Gasteiger partial charge in [0.05, 0.1) is 0 Å². The van der Waals surface area contributed by atoms with E-state index in [2.05, 4.69) is 54.6 Å². The van der Waals surface area contributed by atoms with E-state index in [1.165, 1.54) is 9.79 Å². The lowest BCUT2D eigenvalue weighted by atomic mass is 10.0. The van der Waals surface area contributed by atoms with E-state index in [0.29, 0.717) is 0 Å². The van der Waals surface area contributed by atoms with Gasteiger partial charge in [-0.05, 0) is 35.9 Å². The topological polar surface area (TPSA) is 26.0 Å². The minimum absolute atomic E-state index is 0.814. The van der Waals surface area contributed by atoms with Gasteiger partial charge in [0.15, 0.2) is 0 Å². The molecule has 0 aromatic heterocycles. The molecule has 20 heavy (non-hydrogen) atoms. The van der Waals surface area contributed by atoms with Crippen LogP contribution < -0.4 is 5.73 Å². The second-order valence-corrected chi connectivity index (χ2v) is 5.68. The monoisotopic (exact) mass is 277 g/mol. The molecule has 3 aromatic rings. The zero-order chi connectivity index (χ0) is 13.8. The lowest BCUT2D eigenvalue weighted by Gasteiger charge is -2.08. The highest BCUT2D eigenvalue weighted by molar-refractivity contribution is 7.99. The Hall–Kier alpha value is -2.19. The molecule has 0 aliphatic heterocycles. The lowest BCUT2D eigenvalue weighted by Crippen LogP contribution is -1.89. The Morgan fingerprint density at radius 1 is 0.650 bits per heavy atom. The van der Waals surface area contributed by atoms with E-state index < -0.39 is 0 Å². The Bertz CT molecular complexity index is 707. The van der Waals surface area contributed by atoms with Crippen molar-refractivity contribution in [2.45, 2.75) is 9.79 Å². The van der Waals surface area contributed by atoms with Gasteiger partial charge in [0.2, 0.25) is 0 Å². The van der Waals surface area contributed by atoms with Gasteiger partial charge in [-0.15, -0.1) is 0 Å². The second-order valence-electron chi connectivity index (χ2n) is 4.53. The quantitative estimate of drug-likeness (QED) is 0.675. The molecule has 0 aliphatic rings. The van der Waals surface area contributed by atoms with Crippen LogP contribution in [0.2, 0.25) is 0 Å². The standard InChI is InChI=1S/C18H15NS/c19-18-12-5-4-11-17(18)14-7-6-10-16(13-14)20-15-8-2-1-3-9-15/h1-13H,19H2. The first-order valence-corrected chi connectivity index (χ1v) is 7.32. The van der Waals surface area contributed by atoms with Crippen molar-refractivity contribution >= 4 is 17.4 Å². The van der Waals surface area contributed by atoms with Gasteiger partial charge in [0.1, 0.15) is 0 Å². The minimum atomic E-state index is 0.814. The van der Waals surface area contributed by atoms with Crippen molar-refractivity contribution < 1.29 is 0 Å². The number of benzene rings is 3. The molecule has 2 N–H and O–H groups in total. The second kappa shape index (κ2) is 5.85. The molecule has 0 fully saturated rings. The van der Waals surface area contributed by atoms with Crippen LogP contribution in [-0.2, 0) is 0 Å². The number of hydrogen-bond acceptors (Lipinski definition) is 2. The Morgan fingerprint density at radius 3 is 2.15 bits per heavy atom. The fourth-order valence-electron chi connectivity index (χ4n) is 2.11. The van der Waals surface area contributed by atoms with Crippen molar-refractivity contribution in [1.82, 2.24) is 0 Å². The summed E-state index contributed by atoms with van der Waals surface area (Å²) in [6, 6.07) is 26.8. The predicted molar refractivity (Wildman–Crippen MR) is 86.9 cm³/mol. The van der Waals surface area contributed by atoms with Gasteiger partial charge < -0.3 is 5.73 Å². The van der Waals surface area contributed by atoms with Gasteiger partial charge in [-0.2, -0.15) is 0 Å². The maximum atomic E-state index is 6.05. The number of para-hydroxylation sites is 1. The molecular weight excluding hydrogens is 262 g/mol. The van der Waals surface area contributed by atoms with Gasteiger partial charge in [0.25, 0.3) is 0 Å². The molecule has 0 radical (unpaired) electrons. The number of anilines is 1. The molecule has 0 atom stereocenters. The Morgan fingerprint density at radius 2 is 1.35 bits per heavy atom. The zero-order valence-electron chi connectivity index (χ0n) is 11.0. The zero-order valence-corrected chi connectivity index (χ0v) is 11.8. The van der Waals surface area contributed by atoms with Crippen LogP contribution in [0.1, 0.15) is 0 Å². The van der Waals surface area contributed by atoms with Crippen LogP contribution in [0.5, 0.6) is 0 Å². The number of nitrogens with two attached hydrogens (primary N) is 1. The summed E-state index contributed by atoms with van der Waals surface area (Å²) in [5.74, 6) is 0. The molecule has 3 aromatic carbocycles. The maximum absolute atomic E-state index is 6.05. The molecule has 98 valence electrons. The van der Waals surface area contributed by atoms with Gasteiger partial charge in [0, 0.05) is 21.0 Å². The van der Waals surface area contributed by atoms with E-state index >= 15 is 0 Å². The van der Waals surface area contributed by atoms with E-state index in [1.807, 2.05) is 24.3 Å². The maximum Gasteiger partial charge on any atom is 0.0393 e. The molecule has 0 saturated carbocycles. The third-order valence-corrected chi connectivity index (χ3v) is 4.08. The van der Waals surface area contributed by atoms with Crippen molar-refractivity contribution in [2.24, 2.45) is 0 Å². The molecule has 0 amide bonds. The van der Waals surface area contributed by atoms with Crippen LogP contribution in [0.4, 0.5) is 5.69 Å². The van der Waals surface area contributed by atoms with E-state index in [4.69, 9.17) is 5.73 Å². The van der Waals surface area contributed by atoms with Crippen LogP contribution in [0.15, 0.2) is 88.7 Å². The molecule has 0 bridgehead atoms. The predicted octanol–water partition coefficient (Wildman–Crippen LogP) is 5.09. The van der Waals surface area contributed by atoms with Gasteiger partial charge >= 0.3 is 0 Å². The van der Waals surface area contributed by atoms with Crippen LogP contribution in [0, 0.1) is 0 Å². The van der Waals surface area contributed by atoms with E-state index in [0.717, 1.165) is 16.8 Å². The summed E-state index contributed by atoms with van der Waals surface area (Å²) >= 11 is 1.76. The molecule has 0 saturated heterocycles. The fraction of sp³-hybridized carbons (Fsp3) is 0. The fourth-order valence-corrected chi connectivity index (χ4v) is 3.01. The molecule has 0 spiro atoms. The first-order valence-electron chi connectivity index (χ1n) is 6.51. The van der Waals surface area contributed by atoms with Crippen LogP contribution in [-0.4, -0.2) is 0 Å². The van der Waals surface area contributed by atoms with Gasteiger partial charge in [-0.1, -0.05) is 60.3 Å². The summed E-state index contributed by atoms with van der Waals surface area (Å²) in [5, 5.41) is 0. The largest absolute Gasteiger partial charge is 0.398 e. The Balaban J connectivity index is 1.92. The van der Waals surface area contributed by atoms with Crippen LogP contribution in [0.3, 0.4) is 0 Å². The van der Waals surface area contributed by atoms with Crippen LogP contribution in [0.25, 0.3) is 11.1 Å². The van der Waals surface area contributed by atoms with E-state index in [9.17, 15) is 0 Å². The smallest absolute Gasteiger partial charge is 0.0393 e. The summed E-state index contributed by atoms with van der Waals surface area (Å²) in [4.78, 5) is 2.46. The molecule has 0 aliphatic carbocycles. The number of hydrogen-bond donors (Lipinski definition) is 1.